The summed E-state index contributed by atoms with van der Waals surface area (Å²) >= 11 is 0. The highest BCUT2D eigenvalue weighted by atomic mass is 32.2. The van der Waals surface area contributed by atoms with Gasteiger partial charge in [0.05, 0.1) is 4.90 Å². The number of benzene rings is 1. The lowest BCUT2D eigenvalue weighted by molar-refractivity contribution is 0.598. The Hall–Kier alpha value is -1.27. The lowest BCUT2D eigenvalue weighted by Crippen LogP contribution is -2.22. The van der Waals surface area contributed by atoms with Crippen molar-refractivity contribution in [2.75, 3.05) is 23.7 Å². The standard InChI is InChI=1S/C10H17N3O2S/c1-3-13(4-2)9-5-8(11)6-10(7-9)16(12,14)15/h5-7H,3-4,11H2,1-2H3,(H2,12,14,15). The van der Waals surface area contributed by atoms with E-state index in [9.17, 15) is 8.42 Å². The predicted octanol–water partition coefficient (Wildman–Crippen LogP) is 0.762. The van der Waals surface area contributed by atoms with Crippen molar-refractivity contribution in [1.82, 2.24) is 0 Å². The molecule has 4 N–H and O–H groups in total. The van der Waals surface area contributed by atoms with Crippen molar-refractivity contribution in [2.45, 2.75) is 18.7 Å². The van der Waals surface area contributed by atoms with Crippen LogP contribution in [-0.4, -0.2) is 21.5 Å². The van der Waals surface area contributed by atoms with E-state index in [-0.39, 0.29) is 4.90 Å². The van der Waals surface area contributed by atoms with E-state index in [0.717, 1.165) is 18.8 Å². The number of hydrogen-bond acceptors (Lipinski definition) is 4. The van der Waals surface area contributed by atoms with Crippen LogP contribution >= 0.6 is 0 Å². The minimum atomic E-state index is -3.70. The summed E-state index contributed by atoms with van der Waals surface area (Å²) in [6, 6.07) is 4.64. The summed E-state index contributed by atoms with van der Waals surface area (Å²) in [5.41, 5.74) is 6.83. The molecule has 1 aromatic carbocycles. The third kappa shape index (κ3) is 2.86. The van der Waals surface area contributed by atoms with Crippen LogP contribution in [0.4, 0.5) is 11.4 Å². The minimum Gasteiger partial charge on any atom is -0.399 e. The van der Waals surface area contributed by atoms with Gasteiger partial charge in [0.25, 0.3) is 0 Å². The quantitative estimate of drug-likeness (QED) is 0.764. The van der Waals surface area contributed by atoms with Gasteiger partial charge in [-0.3, -0.25) is 0 Å². The number of nitrogens with two attached hydrogens (primary N) is 2. The Morgan fingerprint density at radius 1 is 1.19 bits per heavy atom. The van der Waals surface area contributed by atoms with E-state index in [2.05, 4.69) is 0 Å². The van der Waals surface area contributed by atoms with Crippen molar-refractivity contribution in [3.63, 3.8) is 0 Å². The number of nitrogens with zero attached hydrogens (tertiary/aromatic N) is 1. The maximum Gasteiger partial charge on any atom is 0.238 e. The fraction of sp³-hybridized carbons (Fsp3) is 0.400. The largest absolute Gasteiger partial charge is 0.399 e. The van der Waals surface area contributed by atoms with Gasteiger partial charge in [0.15, 0.2) is 0 Å². The van der Waals surface area contributed by atoms with Gasteiger partial charge in [0, 0.05) is 24.5 Å². The number of hydrogen-bond donors (Lipinski definition) is 2. The molecule has 0 radical (unpaired) electrons. The maximum absolute atomic E-state index is 11.2. The first-order valence-electron chi connectivity index (χ1n) is 5.06. The molecule has 0 saturated carbocycles. The monoisotopic (exact) mass is 243 g/mol. The topological polar surface area (TPSA) is 89.4 Å². The smallest absolute Gasteiger partial charge is 0.238 e. The van der Waals surface area contributed by atoms with E-state index in [0.29, 0.717) is 5.69 Å². The highest BCUT2D eigenvalue weighted by Crippen LogP contribution is 2.22. The van der Waals surface area contributed by atoms with Gasteiger partial charge in [-0.1, -0.05) is 0 Å². The molecule has 16 heavy (non-hydrogen) atoms. The molecule has 0 aromatic heterocycles. The van der Waals surface area contributed by atoms with E-state index >= 15 is 0 Å². The molecule has 6 heteroatoms. The molecule has 0 heterocycles. The minimum absolute atomic E-state index is 0.0504. The van der Waals surface area contributed by atoms with Crippen LogP contribution in [0.2, 0.25) is 0 Å². The molecule has 0 saturated heterocycles. The van der Waals surface area contributed by atoms with E-state index in [1.165, 1.54) is 6.07 Å². The lowest BCUT2D eigenvalue weighted by Gasteiger charge is -2.21. The van der Waals surface area contributed by atoms with E-state index in [4.69, 9.17) is 10.9 Å². The molecule has 90 valence electrons. The van der Waals surface area contributed by atoms with Crippen molar-refractivity contribution in [3.05, 3.63) is 18.2 Å². The van der Waals surface area contributed by atoms with Gasteiger partial charge in [-0.2, -0.15) is 0 Å². The van der Waals surface area contributed by atoms with Crippen LogP contribution in [-0.2, 0) is 10.0 Å². The molecule has 0 unspecified atom stereocenters. The van der Waals surface area contributed by atoms with Crippen molar-refractivity contribution >= 4 is 21.4 Å². The molecular weight excluding hydrogens is 226 g/mol. The van der Waals surface area contributed by atoms with Crippen LogP contribution in [0.5, 0.6) is 0 Å². The third-order valence-electron chi connectivity index (χ3n) is 2.37. The fourth-order valence-electron chi connectivity index (χ4n) is 1.54. The van der Waals surface area contributed by atoms with Gasteiger partial charge in [-0.25, -0.2) is 13.6 Å². The van der Waals surface area contributed by atoms with E-state index in [1.807, 2.05) is 18.7 Å². The summed E-state index contributed by atoms with van der Waals surface area (Å²) in [7, 11) is -3.70. The van der Waals surface area contributed by atoms with Gasteiger partial charge in [-0.05, 0) is 32.0 Å². The Balaban J connectivity index is 3.28. The zero-order valence-electron chi connectivity index (χ0n) is 9.47. The summed E-state index contributed by atoms with van der Waals surface area (Å²) in [6.07, 6.45) is 0. The lowest BCUT2D eigenvalue weighted by atomic mass is 10.2. The molecule has 1 rings (SSSR count). The summed E-state index contributed by atoms with van der Waals surface area (Å²) in [6.45, 7) is 5.54. The molecule has 0 bridgehead atoms. The zero-order valence-corrected chi connectivity index (χ0v) is 10.3. The number of primary sulfonamides is 1. The number of nitrogen functional groups attached to an aromatic ring is 1. The SMILES string of the molecule is CCN(CC)c1cc(N)cc(S(N)(=O)=O)c1. The van der Waals surface area contributed by atoms with Gasteiger partial charge in [-0.15, -0.1) is 0 Å². The number of sulfonamides is 1. The van der Waals surface area contributed by atoms with Gasteiger partial charge in [0.1, 0.15) is 0 Å². The Morgan fingerprint density at radius 3 is 2.19 bits per heavy atom. The average Bonchev–Trinajstić information content (AvgIpc) is 2.17. The van der Waals surface area contributed by atoms with Crippen LogP contribution in [0.25, 0.3) is 0 Å². The molecule has 0 aliphatic rings. The molecule has 0 atom stereocenters. The van der Waals surface area contributed by atoms with Crippen molar-refractivity contribution in [3.8, 4) is 0 Å². The Labute approximate surface area is 96.1 Å². The molecule has 0 aliphatic heterocycles. The van der Waals surface area contributed by atoms with Gasteiger partial charge in [0.2, 0.25) is 10.0 Å². The van der Waals surface area contributed by atoms with Crippen LogP contribution in [0.15, 0.2) is 23.1 Å². The van der Waals surface area contributed by atoms with Gasteiger partial charge >= 0.3 is 0 Å². The van der Waals surface area contributed by atoms with E-state index < -0.39 is 10.0 Å². The van der Waals surface area contributed by atoms with Crippen LogP contribution in [0.3, 0.4) is 0 Å². The first-order chi connectivity index (χ1) is 7.38. The second-order valence-corrected chi connectivity index (χ2v) is 5.04. The molecule has 0 aliphatic carbocycles. The molecule has 0 spiro atoms. The third-order valence-corrected chi connectivity index (χ3v) is 3.26. The normalized spacial score (nSPS) is 11.4. The predicted molar refractivity (Wildman–Crippen MR) is 65.8 cm³/mol. The number of anilines is 2. The fourth-order valence-corrected chi connectivity index (χ4v) is 2.13. The van der Waals surface area contributed by atoms with Crippen molar-refractivity contribution < 1.29 is 8.42 Å². The summed E-state index contributed by atoms with van der Waals surface area (Å²) in [4.78, 5) is 2.06. The Bertz CT molecular complexity index is 467. The molecule has 5 nitrogen and oxygen atoms in total. The second kappa shape index (κ2) is 4.71. The Kier molecular flexibility index (Phi) is 3.77. The summed E-state index contributed by atoms with van der Waals surface area (Å²) < 4.78 is 22.5. The molecule has 1 aromatic rings. The maximum atomic E-state index is 11.2. The molecule has 0 amide bonds. The van der Waals surface area contributed by atoms with Crippen LogP contribution in [0.1, 0.15) is 13.8 Å². The molecule has 0 fully saturated rings. The Morgan fingerprint density at radius 2 is 1.75 bits per heavy atom. The van der Waals surface area contributed by atoms with Crippen molar-refractivity contribution in [2.24, 2.45) is 5.14 Å². The highest BCUT2D eigenvalue weighted by molar-refractivity contribution is 7.89. The first kappa shape index (κ1) is 12.8. The summed E-state index contributed by atoms with van der Waals surface area (Å²) in [5, 5.41) is 5.08. The van der Waals surface area contributed by atoms with Crippen LogP contribution in [0, 0.1) is 0 Å². The van der Waals surface area contributed by atoms with Gasteiger partial charge < -0.3 is 10.6 Å². The summed E-state index contributed by atoms with van der Waals surface area (Å²) in [5.74, 6) is 0. The molecular formula is C10H17N3O2S. The number of rotatable bonds is 4. The zero-order chi connectivity index (χ0) is 12.3. The van der Waals surface area contributed by atoms with Crippen molar-refractivity contribution in [1.29, 1.82) is 0 Å². The van der Waals surface area contributed by atoms with E-state index in [1.54, 1.807) is 12.1 Å². The van der Waals surface area contributed by atoms with Crippen LogP contribution < -0.4 is 15.8 Å². The average molecular weight is 243 g/mol. The first-order valence-corrected chi connectivity index (χ1v) is 6.61. The second-order valence-electron chi connectivity index (χ2n) is 3.48. The highest BCUT2D eigenvalue weighted by Gasteiger charge is 2.12.